The van der Waals surface area contributed by atoms with E-state index in [0.29, 0.717) is 17.9 Å². The number of carbonyl (C=O) groups excluding carboxylic acids is 1. The zero-order valence-corrected chi connectivity index (χ0v) is 11.8. The zero-order chi connectivity index (χ0) is 14.9. The molecule has 0 saturated carbocycles. The van der Waals surface area contributed by atoms with Crippen LogP contribution in [0, 0.1) is 0 Å². The molecule has 1 heterocycles. The summed E-state index contributed by atoms with van der Waals surface area (Å²) in [4.78, 5) is 15.4. The number of carbonyl (C=O) groups is 1. The molecule has 0 unspecified atom stereocenters. The van der Waals surface area contributed by atoms with Crippen LogP contribution < -0.4 is 4.74 Å². The number of fused-ring (bicyclic) bond motifs is 2. The number of hydrogen-bond acceptors (Lipinski definition) is 2. The summed E-state index contributed by atoms with van der Waals surface area (Å²) in [5.41, 5.74) is 2.47. The molecule has 0 N–H and O–H groups in total. The third-order valence-electron chi connectivity index (χ3n) is 3.82. The molecule has 1 amide bonds. The van der Waals surface area contributed by atoms with Crippen molar-refractivity contribution < 1.29 is 9.53 Å². The number of hydrogen-bond donors (Lipinski definition) is 0. The van der Waals surface area contributed by atoms with Gasteiger partial charge in [-0.2, -0.15) is 0 Å². The molecule has 0 saturated heterocycles. The molecule has 1 aliphatic rings. The summed E-state index contributed by atoms with van der Waals surface area (Å²) >= 11 is 0. The standard InChI is InChI=1S/C19H13NO2/c21-19-16-6-3-7-18(17(16)11-20-19)22-12-13-8-9-14-4-1-2-5-15(14)10-13/h1-11H,12H2. The van der Waals surface area contributed by atoms with E-state index in [0.717, 1.165) is 11.1 Å². The minimum Gasteiger partial charge on any atom is -0.488 e. The van der Waals surface area contributed by atoms with E-state index in [4.69, 9.17) is 4.74 Å². The Labute approximate surface area is 127 Å². The summed E-state index contributed by atoms with van der Waals surface area (Å²) in [6, 6.07) is 20.0. The second-order valence-electron chi connectivity index (χ2n) is 5.25. The van der Waals surface area contributed by atoms with Gasteiger partial charge < -0.3 is 4.74 Å². The second-order valence-corrected chi connectivity index (χ2v) is 5.25. The van der Waals surface area contributed by atoms with Crippen LogP contribution in [0.25, 0.3) is 10.8 Å². The molecule has 0 bridgehead atoms. The highest BCUT2D eigenvalue weighted by molar-refractivity contribution is 6.14. The Balaban J connectivity index is 1.60. The van der Waals surface area contributed by atoms with Gasteiger partial charge in [0.2, 0.25) is 0 Å². The van der Waals surface area contributed by atoms with Gasteiger partial charge in [-0.1, -0.05) is 42.5 Å². The summed E-state index contributed by atoms with van der Waals surface area (Å²) in [6.07, 6.45) is 1.58. The molecule has 1 aliphatic heterocycles. The van der Waals surface area contributed by atoms with Gasteiger partial charge in [0.05, 0.1) is 5.56 Å². The molecule has 0 fully saturated rings. The second kappa shape index (κ2) is 5.11. The van der Waals surface area contributed by atoms with Crippen LogP contribution in [0.3, 0.4) is 0 Å². The smallest absolute Gasteiger partial charge is 0.277 e. The van der Waals surface area contributed by atoms with Crippen LogP contribution in [-0.2, 0) is 6.61 Å². The lowest BCUT2D eigenvalue weighted by Crippen LogP contribution is -2.00. The summed E-state index contributed by atoms with van der Waals surface area (Å²) in [6.45, 7) is 0.462. The van der Waals surface area contributed by atoms with E-state index < -0.39 is 0 Å². The van der Waals surface area contributed by atoms with Crippen LogP contribution in [-0.4, -0.2) is 12.1 Å². The van der Waals surface area contributed by atoms with Crippen LogP contribution in [0.4, 0.5) is 0 Å². The van der Waals surface area contributed by atoms with Crippen LogP contribution >= 0.6 is 0 Å². The van der Waals surface area contributed by atoms with E-state index in [1.807, 2.05) is 24.3 Å². The average Bonchev–Trinajstić information content (AvgIpc) is 2.95. The third kappa shape index (κ3) is 2.17. The SMILES string of the molecule is O=C1N=Cc2c(OCc3ccc4ccccc4c3)cccc21. The van der Waals surface area contributed by atoms with Gasteiger partial charge in [0.15, 0.2) is 0 Å². The first-order valence-corrected chi connectivity index (χ1v) is 7.13. The number of ether oxygens (including phenoxy) is 1. The number of benzene rings is 3. The third-order valence-corrected chi connectivity index (χ3v) is 3.82. The lowest BCUT2D eigenvalue weighted by atomic mass is 10.1. The Morgan fingerprint density at radius 1 is 0.909 bits per heavy atom. The van der Waals surface area contributed by atoms with Crippen molar-refractivity contribution in [3.05, 3.63) is 77.4 Å². The number of aliphatic imine (C=N–C) groups is 1. The van der Waals surface area contributed by atoms with Crippen LogP contribution in [0.1, 0.15) is 21.5 Å². The first-order valence-electron chi connectivity index (χ1n) is 7.13. The Kier molecular flexibility index (Phi) is 2.97. The molecule has 106 valence electrons. The van der Waals surface area contributed by atoms with Crippen molar-refractivity contribution >= 4 is 22.9 Å². The number of rotatable bonds is 3. The van der Waals surface area contributed by atoms with Crippen molar-refractivity contribution in [3.63, 3.8) is 0 Å². The van der Waals surface area contributed by atoms with Crippen molar-refractivity contribution in [1.82, 2.24) is 0 Å². The summed E-state index contributed by atoms with van der Waals surface area (Å²) in [5, 5.41) is 2.41. The molecule has 3 heteroatoms. The molecule has 0 radical (unpaired) electrons. The maximum absolute atomic E-state index is 11.6. The van der Waals surface area contributed by atoms with E-state index in [1.54, 1.807) is 12.3 Å². The van der Waals surface area contributed by atoms with E-state index in [2.05, 4.69) is 35.3 Å². The Hall–Kier alpha value is -2.94. The summed E-state index contributed by atoms with van der Waals surface area (Å²) in [5.74, 6) is 0.492. The highest BCUT2D eigenvalue weighted by Gasteiger charge is 2.18. The lowest BCUT2D eigenvalue weighted by Gasteiger charge is -2.10. The molecular formula is C19H13NO2. The average molecular weight is 287 g/mol. The van der Waals surface area contributed by atoms with Crippen molar-refractivity contribution in [2.24, 2.45) is 4.99 Å². The fraction of sp³-hybridized carbons (Fsp3) is 0.0526. The Morgan fingerprint density at radius 2 is 1.77 bits per heavy atom. The van der Waals surface area contributed by atoms with Crippen molar-refractivity contribution in [1.29, 1.82) is 0 Å². The monoisotopic (exact) mass is 287 g/mol. The zero-order valence-electron chi connectivity index (χ0n) is 11.8. The normalized spacial score (nSPS) is 12.6. The van der Waals surface area contributed by atoms with Crippen molar-refractivity contribution in [3.8, 4) is 5.75 Å². The minimum absolute atomic E-state index is 0.203. The summed E-state index contributed by atoms with van der Waals surface area (Å²) < 4.78 is 5.89. The van der Waals surface area contributed by atoms with Crippen LogP contribution in [0.5, 0.6) is 5.75 Å². The first kappa shape index (κ1) is 12.8. The van der Waals surface area contributed by atoms with Crippen LogP contribution in [0.2, 0.25) is 0 Å². The molecule has 3 aromatic carbocycles. The predicted octanol–water partition coefficient (Wildman–Crippen LogP) is 3.99. The molecule has 3 nitrogen and oxygen atoms in total. The van der Waals surface area contributed by atoms with Gasteiger partial charge in [-0.25, -0.2) is 4.99 Å². The topological polar surface area (TPSA) is 38.7 Å². The molecule has 0 aliphatic carbocycles. The molecule has 0 atom stereocenters. The Bertz CT molecular complexity index is 912. The van der Waals surface area contributed by atoms with E-state index in [-0.39, 0.29) is 5.91 Å². The predicted molar refractivity (Wildman–Crippen MR) is 86.6 cm³/mol. The van der Waals surface area contributed by atoms with Gasteiger partial charge in [-0.3, -0.25) is 4.79 Å². The first-order chi connectivity index (χ1) is 10.8. The fourth-order valence-corrected chi connectivity index (χ4v) is 2.67. The molecular weight excluding hydrogens is 274 g/mol. The largest absolute Gasteiger partial charge is 0.488 e. The minimum atomic E-state index is -0.203. The van der Waals surface area contributed by atoms with Crippen molar-refractivity contribution in [2.75, 3.05) is 0 Å². The van der Waals surface area contributed by atoms with Gasteiger partial charge >= 0.3 is 0 Å². The maximum atomic E-state index is 11.6. The molecule has 0 spiro atoms. The van der Waals surface area contributed by atoms with Gasteiger partial charge in [0, 0.05) is 11.8 Å². The molecule has 4 rings (SSSR count). The van der Waals surface area contributed by atoms with Gasteiger partial charge in [-0.15, -0.1) is 0 Å². The van der Waals surface area contributed by atoms with Gasteiger partial charge in [0.25, 0.3) is 5.91 Å². The summed E-state index contributed by atoms with van der Waals surface area (Å²) in [7, 11) is 0. The van der Waals surface area contributed by atoms with E-state index >= 15 is 0 Å². The number of nitrogens with zero attached hydrogens (tertiary/aromatic N) is 1. The van der Waals surface area contributed by atoms with Gasteiger partial charge in [0.1, 0.15) is 12.4 Å². The van der Waals surface area contributed by atoms with E-state index in [1.165, 1.54) is 10.8 Å². The van der Waals surface area contributed by atoms with Gasteiger partial charge in [-0.05, 0) is 34.5 Å². The highest BCUT2D eigenvalue weighted by Crippen LogP contribution is 2.26. The van der Waals surface area contributed by atoms with E-state index in [9.17, 15) is 4.79 Å². The molecule has 22 heavy (non-hydrogen) atoms. The van der Waals surface area contributed by atoms with Crippen LogP contribution in [0.15, 0.2) is 65.7 Å². The molecule has 0 aromatic heterocycles. The lowest BCUT2D eigenvalue weighted by molar-refractivity contribution is 0.101. The van der Waals surface area contributed by atoms with Crippen molar-refractivity contribution in [2.45, 2.75) is 6.61 Å². The number of amides is 1. The fourth-order valence-electron chi connectivity index (χ4n) is 2.67. The quantitative estimate of drug-likeness (QED) is 0.730. The maximum Gasteiger partial charge on any atom is 0.277 e. The Morgan fingerprint density at radius 3 is 2.68 bits per heavy atom. The molecule has 3 aromatic rings. The highest BCUT2D eigenvalue weighted by atomic mass is 16.5.